The maximum absolute atomic E-state index is 12.1. The van der Waals surface area contributed by atoms with E-state index in [4.69, 9.17) is 13.8 Å². The van der Waals surface area contributed by atoms with Gasteiger partial charge in [-0.25, -0.2) is 0 Å². The van der Waals surface area contributed by atoms with Crippen LogP contribution >= 0.6 is 7.60 Å². The minimum absolute atomic E-state index is 0.115. The number of carbonyl (C=O) groups excluding carboxylic acids is 1. The third-order valence-electron chi connectivity index (χ3n) is 4.17. The Bertz CT molecular complexity index is 716. The van der Waals surface area contributed by atoms with Crippen molar-refractivity contribution < 1.29 is 23.1 Å². The van der Waals surface area contributed by atoms with Gasteiger partial charge in [0.25, 0.3) is 0 Å². The molecule has 27 heavy (non-hydrogen) atoms. The van der Waals surface area contributed by atoms with Crippen LogP contribution in [0.4, 0.5) is 0 Å². The van der Waals surface area contributed by atoms with Crippen LogP contribution < -0.4 is 4.74 Å². The average molecular weight is 396 g/mol. The average Bonchev–Trinajstić information content (AvgIpc) is 2.55. The van der Waals surface area contributed by atoms with Gasteiger partial charge in [-0.1, -0.05) is 47.6 Å². The zero-order valence-electron chi connectivity index (χ0n) is 18.0. The lowest BCUT2D eigenvalue weighted by Gasteiger charge is -2.29. The van der Waals surface area contributed by atoms with Gasteiger partial charge in [-0.3, -0.25) is 9.36 Å². The highest BCUT2D eigenvalue weighted by Crippen LogP contribution is 2.42. The van der Waals surface area contributed by atoms with Crippen LogP contribution in [0.25, 0.3) is 6.08 Å². The standard InChI is InChI=1S/C21H33O5P/c1-20(2,3)17-12-15(13-18(19(17)24-7)21(4,5)6)10-11-16(22)14-26-27(9,23)25-8/h10-13H,14H2,1-9H3. The third kappa shape index (κ3) is 6.91. The Kier molecular flexibility index (Phi) is 7.63. The molecule has 0 saturated heterocycles. The second kappa shape index (κ2) is 8.72. The molecule has 6 heteroatoms. The summed E-state index contributed by atoms with van der Waals surface area (Å²) in [5.74, 6) is 0.605. The van der Waals surface area contributed by atoms with Gasteiger partial charge in [-0.15, -0.1) is 0 Å². The molecule has 1 aromatic carbocycles. The summed E-state index contributed by atoms with van der Waals surface area (Å²) in [7, 11) is -0.183. The van der Waals surface area contributed by atoms with Crippen molar-refractivity contribution in [2.75, 3.05) is 27.5 Å². The van der Waals surface area contributed by atoms with E-state index in [1.54, 1.807) is 13.2 Å². The molecule has 1 rings (SSSR count). The maximum atomic E-state index is 12.1. The number of hydrogen-bond acceptors (Lipinski definition) is 5. The normalized spacial score (nSPS) is 15.0. The van der Waals surface area contributed by atoms with E-state index < -0.39 is 7.60 Å². The number of hydrogen-bond donors (Lipinski definition) is 0. The highest BCUT2D eigenvalue weighted by atomic mass is 31.2. The molecule has 0 heterocycles. The van der Waals surface area contributed by atoms with E-state index in [2.05, 4.69) is 41.5 Å². The lowest BCUT2D eigenvalue weighted by molar-refractivity contribution is -0.116. The SMILES string of the molecule is COc1c(C(C)(C)C)cc(C=CC(=O)COP(C)(=O)OC)cc1C(C)(C)C. The van der Waals surface area contributed by atoms with Gasteiger partial charge in [-0.2, -0.15) is 0 Å². The second-order valence-corrected chi connectivity index (χ2v) is 10.8. The molecule has 0 fully saturated rings. The molecule has 5 nitrogen and oxygen atoms in total. The summed E-state index contributed by atoms with van der Waals surface area (Å²) in [6.07, 6.45) is 3.19. The molecule has 0 amide bonds. The van der Waals surface area contributed by atoms with Crippen molar-refractivity contribution >= 4 is 19.5 Å². The molecule has 0 N–H and O–H groups in total. The summed E-state index contributed by atoms with van der Waals surface area (Å²) in [5.41, 5.74) is 2.84. The van der Waals surface area contributed by atoms with Crippen LogP contribution in [0.15, 0.2) is 18.2 Å². The summed E-state index contributed by atoms with van der Waals surface area (Å²) < 4.78 is 27.2. The monoisotopic (exact) mass is 396 g/mol. The highest BCUT2D eigenvalue weighted by molar-refractivity contribution is 7.52. The number of ketones is 1. The molecule has 1 unspecified atom stereocenters. The van der Waals surface area contributed by atoms with Gasteiger partial charge in [0.15, 0.2) is 5.78 Å². The lowest BCUT2D eigenvalue weighted by Crippen LogP contribution is -2.19. The van der Waals surface area contributed by atoms with E-state index in [-0.39, 0.29) is 23.2 Å². The Labute approximate surface area is 163 Å². The first-order valence-electron chi connectivity index (χ1n) is 8.93. The number of rotatable bonds is 7. The van der Waals surface area contributed by atoms with Gasteiger partial charge in [0, 0.05) is 24.9 Å². The van der Waals surface area contributed by atoms with Gasteiger partial charge in [0.2, 0.25) is 0 Å². The Morgan fingerprint density at radius 3 is 1.89 bits per heavy atom. The first-order valence-corrected chi connectivity index (χ1v) is 10.9. The smallest absolute Gasteiger partial charge is 0.327 e. The summed E-state index contributed by atoms with van der Waals surface area (Å²) in [5, 5.41) is 0. The zero-order valence-corrected chi connectivity index (χ0v) is 18.9. The zero-order chi connectivity index (χ0) is 21.0. The molecule has 152 valence electrons. The predicted octanol–water partition coefficient (Wildman–Crippen LogP) is 5.36. The first kappa shape index (κ1) is 23.6. The van der Waals surface area contributed by atoms with Crippen LogP contribution in [-0.2, 0) is 29.2 Å². The van der Waals surface area contributed by atoms with Crippen LogP contribution in [0.2, 0.25) is 0 Å². The molecule has 0 aliphatic rings. The second-order valence-electron chi connectivity index (χ2n) is 8.68. The van der Waals surface area contributed by atoms with E-state index in [1.165, 1.54) is 19.9 Å². The molecule has 0 bridgehead atoms. The molecule has 1 atom stereocenters. The van der Waals surface area contributed by atoms with Crippen LogP contribution in [0.5, 0.6) is 5.75 Å². The van der Waals surface area contributed by atoms with Gasteiger partial charge >= 0.3 is 7.60 Å². The van der Waals surface area contributed by atoms with Crippen LogP contribution in [-0.4, -0.2) is 33.3 Å². The van der Waals surface area contributed by atoms with Crippen molar-refractivity contribution in [3.8, 4) is 5.75 Å². The predicted molar refractivity (Wildman–Crippen MR) is 111 cm³/mol. The molecule has 0 aliphatic heterocycles. The van der Waals surface area contributed by atoms with E-state index in [0.717, 1.165) is 22.4 Å². The molecule has 0 aliphatic carbocycles. The molecule has 0 aromatic heterocycles. The number of carbonyl (C=O) groups is 1. The lowest BCUT2D eigenvalue weighted by atomic mass is 9.78. The largest absolute Gasteiger partial charge is 0.496 e. The Morgan fingerprint density at radius 1 is 1.04 bits per heavy atom. The summed E-state index contributed by atoms with van der Waals surface area (Å²) in [6, 6.07) is 4.08. The highest BCUT2D eigenvalue weighted by Gasteiger charge is 2.27. The summed E-state index contributed by atoms with van der Waals surface area (Å²) >= 11 is 0. The molecular formula is C21H33O5P. The Morgan fingerprint density at radius 2 is 1.52 bits per heavy atom. The van der Waals surface area contributed by atoms with E-state index >= 15 is 0 Å². The molecule has 0 saturated carbocycles. The fourth-order valence-corrected chi connectivity index (χ4v) is 3.02. The number of methoxy groups -OCH3 is 1. The molecular weight excluding hydrogens is 363 g/mol. The van der Waals surface area contributed by atoms with Gasteiger partial charge in [0.05, 0.1) is 7.11 Å². The minimum atomic E-state index is -3.16. The van der Waals surface area contributed by atoms with Gasteiger partial charge < -0.3 is 13.8 Å². The topological polar surface area (TPSA) is 61.8 Å². The van der Waals surface area contributed by atoms with Gasteiger partial charge in [0.1, 0.15) is 12.4 Å². The van der Waals surface area contributed by atoms with Crippen molar-refractivity contribution in [2.45, 2.75) is 52.4 Å². The van der Waals surface area contributed by atoms with E-state index in [1.807, 2.05) is 12.1 Å². The van der Waals surface area contributed by atoms with Crippen molar-refractivity contribution in [3.63, 3.8) is 0 Å². The molecule has 0 radical (unpaired) electrons. The Balaban J connectivity index is 3.25. The van der Waals surface area contributed by atoms with Crippen molar-refractivity contribution in [1.82, 2.24) is 0 Å². The summed E-state index contributed by atoms with van der Waals surface area (Å²) in [4.78, 5) is 12.1. The van der Waals surface area contributed by atoms with Crippen molar-refractivity contribution in [3.05, 3.63) is 34.9 Å². The third-order valence-corrected chi connectivity index (χ3v) is 5.43. The fraction of sp³-hybridized carbons (Fsp3) is 0.571. The molecule has 1 aromatic rings. The van der Waals surface area contributed by atoms with E-state index in [0.29, 0.717) is 0 Å². The van der Waals surface area contributed by atoms with Crippen LogP contribution in [0.1, 0.15) is 58.2 Å². The van der Waals surface area contributed by atoms with Gasteiger partial charge in [-0.05, 0) is 34.6 Å². The molecule has 0 spiro atoms. The van der Waals surface area contributed by atoms with Crippen LogP contribution in [0.3, 0.4) is 0 Å². The quantitative estimate of drug-likeness (QED) is 0.459. The number of benzene rings is 1. The Hall–Kier alpha value is -1.42. The van der Waals surface area contributed by atoms with Crippen LogP contribution in [0, 0.1) is 0 Å². The number of ether oxygens (including phenoxy) is 1. The van der Waals surface area contributed by atoms with Crippen molar-refractivity contribution in [1.29, 1.82) is 0 Å². The van der Waals surface area contributed by atoms with E-state index in [9.17, 15) is 9.36 Å². The minimum Gasteiger partial charge on any atom is -0.496 e. The first-order chi connectivity index (χ1) is 12.2. The summed E-state index contributed by atoms with van der Waals surface area (Å²) in [6.45, 7) is 13.8. The maximum Gasteiger partial charge on any atom is 0.327 e. The van der Waals surface area contributed by atoms with Crippen molar-refractivity contribution in [2.24, 2.45) is 0 Å². The fourth-order valence-electron chi connectivity index (χ4n) is 2.55.